The molecule has 2 aromatic carbocycles. The number of hydrogen-bond acceptors (Lipinski definition) is 1. The molecule has 41 heavy (non-hydrogen) atoms. The minimum atomic E-state index is -4.74. The minimum Gasteiger partial charge on any atom is -0.406 e. The molecule has 1 unspecified atom stereocenters. The maximum atomic E-state index is 15.8. The lowest BCUT2D eigenvalue weighted by atomic mass is 9.73. The third kappa shape index (κ3) is 7.25. The molecule has 2 saturated carbocycles. The predicted octanol–water partition coefficient (Wildman–Crippen LogP) is 10.9. The predicted molar refractivity (Wildman–Crippen MR) is 148 cm³/mol. The van der Waals surface area contributed by atoms with Gasteiger partial charge in [-0.1, -0.05) is 64.0 Å². The Morgan fingerprint density at radius 3 is 1.85 bits per heavy atom. The first-order valence-corrected chi connectivity index (χ1v) is 15.7. The van der Waals surface area contributed by atoms with Crippen molar-refractivity contribution >= 4 is 0 Å². The maximum absolute atomic E-state index is 15.8. The van der Waals surface area contributed by atoms with Crippen molar-refractivity contribution in [2.24, 2.45) is 17.8 Å². The molecule has 0 aromatic heterocycles. The summed E-state index contributed by atoms with van der Waals surface area (Å²) in [5.41, 5.74) is 1.39. The third-order valence-corrected chi connectivity index (χ3v) is 10.2. The maximum Gasteiger partial charge on any atom is 0.573 e. The number of hydrogen-bond donors (Lipinski definition) is 0. The molecule has 3 aliphatic carbocycles. The van der Waals surface area contributed by atoms with Crippen molar-refractivity contribution < 1.29 is 31.1 Å². The van der Waals surface area contributed by atoms with E-state index < -0.39 is 29.7 Å². The van der Waals surface area contributed by atoms with Crippen molar-refractivity contribution in [3.63, 3.8) is 0 Å². The number of ether oxygens (including phenoxy) is 1. The van der Waals surface area contributed by atoms with Crippen LogP contribution in [0.5, 0.6) is 5.75 Å². The second-order valence-corrected chi connectivity index (χ2v) is 12.8. The summed E-state index contributed by atoms with van der Waals surface area (Å²) in [6.07, 6.45) is 9.08. The monoisotopic (exact) mass is 580 g/mol. The summed E-state index contributed by atoms with van der Waals surface area (Å²) < 4.78 is 87.9. The van der Waals surface area contributed by atoms with Crippen LogP contribution in [0.15, 0.2) is 24.3 Å². The first kappa shape index (κ1) is 30.3. The van der Waals surface area contributed by atoms with Gasteiger partial charge >= 0.3 is 6.36 Å². The third-order valence-electron chi connectivity index (χ3n) is 10.2. The summed E-state index contributed by atoms with van der Waals surface area (Å²) in [5.74, 6) is -1.16. The molecule has 226 valence electrons. The van der Waals surface area contributed by atoms with Gasteiger partial charge in [0.05, 0.1) is 0 Å². The van der Waals surface area contributed by atoms with E-state index in [1.165, 1.54) is 50.7 Å². The molecular weight excluding hydrogens is 538 g/mol. The van der Waals surface area contributed by atoms with E-state index in [1.54, 1.807) is 12.1 Å². The molecule has 2 fully saturated rings. The quantitative estimate of drug-likeness (QED) is 0.223. The summed E-state index contributed by atoms with van der Waals surface area (Å²) in [6, 6.07) is 5.80. The van der Waals surface area contributed by atoms with Gasteiger partial charge in [-0.2, -0.15) is 0 Å². The molecule has 7 heteroatoms. The minimum absolute atomic E-state index is 0.0715. The molecule has 0 saturated heterocycles. The van der Waals surface area contributed by atoms with Crippen LogP contribution in [0.4, 0.5) is 26.3 Å². The van der Waals surface area contributed by atoms with E-state index in [-0.39, 0.29) is 28.7 Å². The molecule has 1 nitrogen and oxygen atoms in total. The van der Waals surface area contributed by atoms with Gasteiger partial charge in [-0.15, -0.1) is 13.2 Å². The molecule has 0 heterocycles. The van der Waals surface area contributed by atoms with E-state index in [0.717, 1.165) is 36.7 Å². The van der Waals surface area contributed by atoms with Gasteiger partial charge in [-0.05, 0) is 110 Å². The standard InChI is InChI=1S/C34H42F6O/c1-2-3-21-4-6-22(7-5-21)8-9-23-10-19-28-29(20-23)32(36)33(37)30(31(28)35)26-13-11-24(12-14-26)25-15-17-27(18-16-25)41-34(38,39)40/h15-18,21-24,26H,2-14,19-20H2,1H3. The Morgan fingerprint density at radius 2 is 1.24 bits per heavy atom. The number of halogens is 6. The van der Waals surface area contributed by atoms with Crippen LogP contribution in [0, 0.1) is 35.2 Å². The largest absolute Gasteiger partial charge is 0.573 e. The van der Waals surface area contributed by atoms with Gasteiger partial charge in [-0.3, -0.25) is 0 Å². The van der Waals surface area contributed by atoms with Gasteiger partial charge < -0.3 is 4.74 Å². The van der Waals surface area contributed by atoms with Crippen molar-refractivity contribution in [2.45, 2.75) is 121 Å². The van der Waals surface area contributed by atoms with E-state index in [1.807, 2.05) is 0 Å². The lowest BCUT2D eigenvalue weighted by Gasteiger charge is -2.33. The highest BCUT2D eigenvalue weighted by Crippen LogP contribution is 2.45. The van der Waals surface area contributed by atoms with Crippen LogP contribution in [0.25, 0.3) is 0 Å². The number of fused-ring (bicyclic) bond motifs is 1. The normalized spacial score (nSPS) is 27.0. The summed E-state index contributed by atoms with van der Waals surface area (Å²) in [5, 5.41) is 0. The average molecular weight is 581 g/mol. The van der Waals surface area contributed by atoms with Crippen LogP contribution in [-0.4, -0.2) is 6.36 Å². The number of rotatable bonds is 8. The highest BCUT2D eigenvalue weighted by molar-refractivity contribution is 5.40. The van der Waals surface area contributed by atoms with Gasteiger partial charge in [0.1, 0.15) is 11.6 Å². The number of alkyl halides is 3. The van der Waals surface area contributed by atoms with Gasteiger partial charge in [0.25, 0.3) is 0 Å². The molecule has 0 radical (unpaired) electrons. The Morgan fingerprint density at radius 1 is 0.659 bits per heavy atom. The van der Waals surface area contributed by atoms with Crippen LogP contribution in [0.1, 0.15) is 124 Å². The van der Waals surface area contributed by atoms with Gasteiger partial charge in [-0.25, -0.2) is 13.2 Å². The Kier molecular flexibility index (Phi) is 9.60. The summed E-state index contributed by atoms with van der Waals surface area (Å²) in [6.45, 7) is 2.25. The zero-order valence-electron chi connectivity index (χ0n) is 24.0. The summed E-state index contributed by atoms with van der Waals surface area (Å²) in [7, 11) is 0. The Labute approximate surface area is 240 Å². The molecule has 1 atom stereocenters. The van der Waals surface area contributed by atoms with Crippen LogP contribution < -0.4 is 4.74 Å². The molecular formula is C34H42F6O. The Hall–Kier alpha value is -2.18. The lowest BCUT2D eigenvalue weighted by Crippen LogP contribution is -2.23. The van der Waals surface area contributed by atoms with Crippen LogP contribution >= 0.6 is 0 Å². The van der Waals surface area contributed by atoms with Gasteiger partial charge in [0.2, 0.25) is 0 Å². The van der Waals surface area contributed by atoms with Crippen molar-refractivity contribution in [1.82, 2.24) is 0 Å². The smallest absolute Gasteiger partial charge is 0.406 e. The number of benzene rings is 2. The molecule has 5 rings (SSSR count). The fraction of sp³-hybridized carbons (Fsp3) is 0.647. The summed E-state index contributed by atoms with van der Waals surface area (Å²) in [4.78, 5) is 0. The van der Waals surface area contributed by atoms with Crippen molar-refractivity contribution in [1.29, 1.82) is 0 Å². The lowest BCUT2D eigenvalue weighted by molar-refractivity contribution is -0.274. The van der Waals surface area contributed by atoms with E-state index in [2.05, 4.69) is 11.7 Å². The molecule has 0 amide bonds. The van der Waals surface area contributed by atoms with Gasteiger partial charge in [0.15, 0.2) is 11.6 Å². The zero-order chi connectivity index (χ0) is 29.1. The highest BCUT2D eigenvalue weighted by atomic mass is 19.4. The molecule has 0 N–H and O–H groups in total. The fourth-order valence-corrected chi connectivity index (χ4v) is 7.94. The zero-order valence-corrected chi connectivity index (χ0v) is 24.0. The van der Waals surface area contributed by atoms with E-state index in [9.17, 15) is 13.2 Å². The molecule has 2 aromatic rings. The SMILES string of the molecule is CCCC1CCC(CCC2CCc3c(F)c(C4CCC(c5ccc(OC(F)(F)F)cc5)CC4)c(F)c(F)c3C2)CC1. The van der Waals surface area contributed by atoms with Crippen molar-refractivity contribution in [3.8, 4) is 5.75 Å². The molecule has 0 spiro atoms. The molecule has 3 aliphatic rings. The molecule has 0 bridgehead atoms. The molecule has 0 aliphatic heterocycles. The average Bonchev–Trinajstić information content (AvgIpc) is 2.96. The van der Waals surface area contributed by atoms with E-state index >= 15 is 13.2 Å². The van der Waals surface area contributed by atoms with Gasteiger partial charge in [0, 0.05) is 5.56 Å². The second kappa shape index (κ2) is 13.0. The topological polar surface area (TPSA) is 9.23 Å². The van der Waals surface area contributed by atoms with Crippen LogP contribution in [0.2, 0.25) is 0 Å². The first-order chi connectivity index (χ1) is 19.6. The van der Waals surface area contributed by atoms with Crippen molar-refractivity contribution in [3.05, 3.63) is 64.0 Å². The Balaban J connectivity index is 1.19. The first-order valence-electron chi connectivity index (χ1n) is 15.7. The Bertz CT molecular complexity index is 1160. The van der Waals surface area contributed by atoms with Crippen LogP contribution in [0.3, 0.4) is 0 Å². The van der Waals surface area contributed by atoms with Crippen LogP contribution in [-0.2, 0) is 12.8 Å². The highest BCUT2D eigenvalue weighted by Gasteiger charge is 2.35. The second-order valence-electron chi connectivity index (χ2n) is 12.8. The van der Waals surface area contributed by atoms with Crippen molar-refractivity contribution in [2.75, 3.05) is 0 Å². The fourth-order valence-electron chi connectivity index (χ4n) is 7.94. The van der Waals surface area contributed by atoms with E-state index in [0.29, 0.717) is 44.1 Å². The summed E-state index contributed by atoms with van der Waals surface area (Å²) >= 11 is 0. The van der Waals surface area contributed by atoms with E-state index in [4.69, 9.17) is 0 Å².